The second-order valence-electron chi connectivity index (χ2n) is 7.79. The van der Waals surface area contributed by atoms with Crippen molar-refractivity contribution in [1.29, 1.82) is 5.41 Å². The number of amides is 1. The van der Waals surface area contributed by atoms with Gasteiger partial charge in [-0.1, -0.05) is 31.5 Å². The molecule has 222 valence electrons. The van der Waals surface area contributed by atoms with E-state index in [4.69, 9.17) is 21.7 Å². The summed E-state index contributed by atoms with van der Waals surface area (Å²) in [6, 6.07) is 9.69. The van der Waals surface area contributed by atoms with Crippen molar-refractivity contribution < 1.29 is 41.4 Å². The number of nitrogens with one attached hydrogen (secondary N) is 3. The zero-order valence-electron chi connectivity index (χ0n) is 22.7. The first-order valence-corrected chi connectivity index (χ1v) is 12.4. The van der Waals surface area contributed by atoms with Crippen molar-refractivity contribution in [2.75, 3.05) is 19.5 Å². The molecule has 0 heterocycles. The van der Waals surface area contributed by atoms with Crippen molar-refractivity contribution >= 4 is 47.2 Å². The lowest BCUT2D eigenvalue weighted by Crippen LogP contribution is -2.21. The molecule has 1 amide bonds. The quantitative estimate of drug-likeness (QED) is 0.0715. The number of hydrogen-bond donors (Lipinski definition) is 3. The number of rotatable bonds is 8. The van der Waals surface area contributed by atoms with Crippen LogP contribution >= 0.6 is 11.6 Å². The third-order valence-corrected chi connectivity index (χ3v) is 5.68. The molecule has 42 heavy (non-hydrogen) atoms. The van der Waals surface area contributed by atoms with Crippen LogP contribution in [0.5, 0.6) is 0 Å². The predicted octanol–water partition coefficient (Wildman–Crippen LogP) is 6.03. The Balaban J connectivity index is 0.00000301. The zero-order valence-corrected chi connectivity index (χ0v) is 23.4. The highest BCUT2D eigenvalue weighted by Crippen LogP contribution is 2.36. The Hall–Kier alpha value is -4.78. The van der Waals surface area contributed by atoms with Crippen molar-refractivity contribution in [3.8, 4) is 0 Å². The summed E-state index contributed by atoms with van der Waals surface area (Å²) >= 11 is 5.96. The van der Waals surface area contributed by atoms with Crippen molar-refractivity contribution in [1.82, 2.24) is 5.43 Å². The Bertz CT molecular complexity index is 1530. The third-order valence-electron chi connectivity index (χ3n) is 5.36. The van der Waals surface area contributed by atoms with Gasteiger partial charge in [0.2, 0.25) is 5.90 Å². The van der Waals surface area contributed by atoms with Gasteiger partial charge in [-0.05, 0) is 48.5 Å². The van der Waals surface area contributed by atoms with E-state index >= 15 is 0 Å². The average molecular weight is 609 g/mol. The first kappa shape index (κ1) is 33.4. The summed E-state index contributed by atoms with van der Waals surface area (Å²) in [5, 5.41) is 14.2. The second-order valence-corrected chi connectivity index (χ2v) is 8.20. The predicted molar refractivity (Wildman–Crippen MR) is 149 cm³/mol. The maximum atomic E-state index is 14.9. The minimum atomic E-state index is -4.93. The number of methoxy groups -OCH3 is 1. The third kappa shape index (κ3) is 7.69. The van der Waals surface area contributed by atoms with Gasteiger partial charge in [0.05, 0.1) is 40.2 Å². The minimum absolute atomic E-state index is 0.0602. The lowest BCUT2D eigenvalue weighted by Gasteiger charge is -2.17. The first-order chi connectivity index (χ1) is 19.9. The molecule has 0 bridgehead atoms. The van der Waals surface area contributed by atoms with E-state index in [1.165, 1.54) is 25.2 Å². The van der Waals surface area contributed by atoms with Crippen molar-refractivity contribution in [2.24, 2.45) is 5.10 Å². The molecule has 9 nitrogen and oxygen atoms in total. The molecule has 0 aliphatic heterocycles. The number of halogens is 5. The van der Waals surface area contributed by atoms with Gasteiger partial charge in [0, 0.05) is 23.7 Å². The molecule has 0 saturated heterocycles. The van der Waals surface area contributed by atoms with E-state index in [9.17, 15) is 31.9 Å². The van der Waals surface area contributed by atoms with Gasteiger partial charge in [-0.15, -0.1) is 5.10 Å². The number of benzene rings is 3. The second kappa shape index (κ2) is 14.7. The van der Waals surface area contributed by atoms with E-state index in [2.05, 4.69) is 20.6 Å². The topological polar surface area (TPSA) is 130 Å². The van der Waals surface area contributed by atoms with Crippen molar-refractivity contribution in [2.45, 2.75) is 20.0 Å². The van der Waals surface area contributed by atoms with Crippen LogP contribution in [0.3, 0.4) is 0 Å². The van der Waals surface area contributed by atoms with E-state index in [1.807, 2.05) is 13.8 Å². The lowest BCUT2D eigenvalue weighted by atomic mass is 9.97. The highest BCUT2D eigenvalue weighted by Gasteiger charge is 2.36. The van der Waals surface area contributed by atoms with Gasteiger partial charge in [-0.2, -0.15) is 13.2 Å². The van der Waals surface area contributed by atoms with Gasteiger partial charge >= 0.3 is 12.1 Å². The van der Waals surface area contributed by atoms with Crippen LogP contribution in [0.4, 0.5) is 23.2 Å². The maximum Gasteiger partial charge on any atom is 0.417 e. The van der Waals surface area contributed by atoms with Gasteiger partial charge in [0.15, 0.2) is 0 Å². The number of hydrazone groups is 1. The molecule has 0 unspecified atom stereocenters. The number of carbonyl (C=O) groups is 3. The number of ether oxygens (including phenoxy) is 2. The molecule has 3 aromatic rings. The Morgan fingerprint density at radius 2 is 1.67 bits per heavy atom. The molecular weight excluding hydrogens is 584 g/mol. The molecule has 3 aromatic carbocycles. The van der Waals surface area contributed by atoms with E-state index < -0.39 is 45.7 Å². The SMILES string of the molecule is CC.CN/N=C(\OC=O)c1ccc(C(=N)c2ccc(C(=O)OC)cc2F)c(NC(=O)c2c(Cl)cccc2C(F)(F)F)c1. The van der Waals surface area contributed by atoms with Gasteiger partial charge < -0.3 is 20.2 Å². The fraction of sp³-hybridized carbons (Fsp3) is 0.179. The summed E-state index contributed by atoms with van der Waals surface area (Å²) in [6.07, 6.45) is -4.93. The largest absolute Gasteiger partial charge is 0.465 e. The van der Waals surface area contributed by atoms with Crippen LogP contribution in [0.2, 0.25) is 5.02 Å². The summed E-state index contributed by atoms with van der Waals surface area (Å²) in [7, 11) is 2.51. The van der Waals surface area contributed by atoms with Crippen LogP contribution in [0.1, 0.15) is 56.8 Å². The first-order valence-electron chi connectivity index (χ1n) is 12.1. The zero-order chi connectivity index (χ0) is 31.6. The van der Waals surface area contributed by atoms with Crippen molar-refractivity contribution in [3.63, 3.8) is 0 Å². The smallest absolute Gasteiger partial charge is 0.417 e. The molecule has 3 N–H and O–H groups in total. The number of alkyl halides is 3. The monoisotopic (exact) mass is 608 g/mol. The molecule has 0 atom stereocenters. The number of anilines is 1. The minimum Gasteiger partial charge on any atom is -0.465 e. The molecule has 14 heteroatoms. The molecule has 0 spiro atoms. The molecule has 0 aliphatic carbocycles. The summed E-state index contributed by atoms with van der Waals surface area (Å²) < 4.78 is 65.2. The normalized spacial score (nSPS) is 11.0. The standard InChI is InChI=1S/C26H19ClF4N4O5.C2H6/c1-33-35-24(40-12-36)13-6-9-16(22(32)15-8-7-14(10-19(15)28)25(38)39-2)20(11-13)34-23(37)21-17(26(29,30)31)4-3-5-18(21)27;1-2/h3-12,32-33H,1-2H3,(H,34,37);1-2H3/b32-22?,35-24-;. The average Bonchev–Trinajstić information content (AvgIpc) is 2.96. The van der Waals surface area contributed by atoms with Gasteiger partial charge in [0.25, 0.3) is 12.4 Å². The van der Waals surface area contributed by atoms with E-state index in [0.717, 1.165) is 37.4 Å². The number of nitrogens with zero attached hydrogens (tertiary/aromatic N) is 1. The van der Waals surface area contributed by atoms with Crippen LogP contribution in [0.25, 0.3) is 0 Å². The van der Waals surface area contributed by atoms with Gasteiger partial charge in [0.1, 0.15) is 5.82 Å². The molecule has 3 rings (SSSR count). The summed E-state index contributed by atoms with van der Waals surface area (Å²) in [4.78, 5) is 35.8. The number of esters is 1. The fourth-order valence-electron chi connectivity index (χ4n) is 3.59. The maximum absolute atomic E-state index is 14.9. The Kier molecular flexibility index (Phi) is 11.7. The molecule has 0 radical (unpaired) electrons. The highest BCUT2D eigenvalue weighted by atomic mass is 35.5. The van der Waals surface area contributed by atoms with Crippen LogP contribution in [-0.2, 0) is 20.4 Å². The molecular formula is C28H25ClF4N4O5. The van der Waals surface area contributed by atoms with E-state index in [1.54, 1.807) is 0 Å². The van der Waals surface area contributed by atoms with Crippen LogP contribution in [0, 0.1) is 11.2 Å². The molecule has 0 aliphatic rings. The molecule has 0 aromatic heterocycles. The Morgan fingerprint density at radius 3 is 2.24 bits per heavy atom. The number of hydrogen-bond acceptors (Lipinski definition) is 8. The van der Waals surface area contributed by atoms with Crippen LogP contribution < -0.4 is 10.7 Å². The molecule has 0 fully saturated rings. The van der Waals surface area contributed by atoms with Crippen LogP contribution in [0.15, 0.2) is 59.7 Å². The van der Waals surface area contributed by atoms with Gasteiger partial charge in [-0.3, -0.25) is 15.0 Å². The molecule has 0 saturated carbocycles. The van der Waals surface area contributed by atoms with E-state index in [-0.39, 0.29) is 40.3 Å². The Labute approximate surface area is 243 Å². The number of carbonyl (C=O) groups excluding carboxylic acids is 3. The van der Waals surface area contributed by atoms with Crippen molar-refractivity contribution in [3.05, 3.63) is 98.8 Å². The summed E-state index contributed by atoms with van der Waals surface area (Å²) in [5.74, 6) is -3.37. The Morgan fingerprint density at radius 1 is 1.02 bits per heavy atom. The van der Waals surface area contributed by atoms with Crippen LogP contribution in [-0.4, -0.2) is 44.1 Å². The fourth-order valence-corrected chi connectivity index (χ4v) is 3.85. The summed E-state index contributed by atoms with van der Waals surface area (Å²) in [5.41, 5.74) is -1.08. The lowest BCUT2D eigenvalue weighted by molar-refractivity contribution is -0.137. The van der Waals surface area contributed by atoms with Gasteiger partial charge in [-0.25, -0.2) is 9.18 Å². The summed E-state index contributed by atoms with van der Waals surface area (Å²) in [6.45, 7) is 4.07. The highest BCUT2D eigenvalue weighted by molar-refractivity contribution is 6.35. The van der Waals surface area contributed by atoms with E-state index in [0.29, 0.717) is 6.07 Å².